The van der Waals surface area contributed by atoms with E-state index in [0.717, 1.165) is 0 Å². The average Bonchev–Trinajstić information content (AvgIpc) is 2.40. The summed E-state index contributed by atoms with van der Waals surface area (Å²) in [6.07, 6.45) is 1.04. The fraction of sp³-hybridized carbons (Fsp3) is 0.500. The van der Waals surface area contributed by atoms with Gasteiger partial charge in [0.15, 0.2) is 0 Å². The number of hydrogen-bond acceptors (Lipinski definition) is 4. The third-order valence-corrected chi connectivity index (χ3v) is 4.87. The molecule has 0 aliphatic heterocycles. The Morgan fingerprint density at radius 1 is 1.30 bits per heavy atom. The second kappa shape index (κ2) is 8.08. The van der Waals surface area contributed by atoms with Crippen LogP contribution < -0.4 is 9.61 Å². The lowest BCUT2D eigenvalue weighted by Gasteiger charge is -2.23. The maximum Gasteiger partial charge on any atom is 0.323 e. The highest BCUT2D eigenvalue weighted by Gasteiger charge is 2.29. The van der Waals surface area contributed by atoms with E-state index in [9.17, 15) is 9.36 Å². The molecular weight excluding hydrogens is 277 g/mol. The van der Waals surface area contributed by atoms with Crippen LogP contribution in [0.2, 0.25) is 0 Å². The van der Waals surface area contributed by atoms with Gasteiger partial charge < -0.3 is 9.26 Å². The lowest BCUT2D eigenvalue weighted by Crippen LogP contribution is -2.35. The van der Waals surface area contributed by atoms with Gasteiger partial charge in [0.2, 0.25) is 0 Å². The minimum atomic E-state index is -3.13. The molecule has 1 N–H and O–H groups in total. The lowest BCUT2D eigenvalue weighted by molar-refractivity contribution is -0.144. The van der Waals surface area contributed by atoms with E-state index in [4.69, 9.17) is 9.26 Å². The third-order valence-electron chi connectivity index (χ3n) is 2.54. The van der Waals surface area contributed by atoms with Crippen molar-refractivity contribution >= 4 is 13.5 Å². The Balaban J connectivity index is 2.76. The number of para-hydroxylation sites is 1. The van der Waals surface area contributed by atoms with Crippen LogP contribution in [0.4, 0.5) is 0 Å². The summed E-state index contributed by atoms with van der Waals surface area (Å²) < 4.78 is 23.2. The molecule has 0 saturated carbocycles. The predicted molar refractivity (Wildman–Crippen MR) is 79.1 cm³/mol. The van der Waals surface area contributed by atoms with Crippen molar-refractivity contribution in [1.29, 1.82) is 0 Å². The van der Waals surface area contributed by atoms with Crippen molar-refractivity contribution in [3.05, 3.63) is 30.3 Å². The number of carbonyl (C=O) groups is 1. The molecule has 1 aromatic carbocycles. The van der Waals surface area contributed by atoms with Crippen molar-refractivity contribution in [2.45, 2.75) is 33.2 Å². The minimum Gasteiger partial charge on any atom is -0.465 e. The summed E-state index contributed by atoms with van der Waals surface area (Å²) in [4.78, 5) is 11.6. The molecule has 2 atom stereocenters. The van der Waals surface area contributed by atoms with E-state index in [-0.39, 0.29) is 0 Å². The van der Waals surface area contributed by atoms with Gasteiger partial charge in [-0.1, -0.05) is 25.1 Å². The van der Waals surface area contributed by atoms with Gasteiger partial charge in [0.05, 0.1) is 6.61 Å². The first-order chi connectivity index (χ1) is 9.50. The van der Waals surface area contributed by atoms with E-state index in [0.29, 0.717) is 24.9 Å². The number of nitrogens with one attached hydrogen (secondary N) is 1. The smallest absolute Gasteiger partial charge is 0.323 e. The number of rotatable bonds is 8. The predicted octanol–water partition coefficient (Wildman–Crippen LogP) is 3.21. The van der Waals surface area contributed by atoms with Gasteiger partial charge in [-0.05, 0) is 32.4 Å². The summed E-state index contributed by atoms with van der Waals surface area (Å²) in [5.41, 5.74) is 0. The monoisotopic (exact) mass is 299 g/mol. The normalized spacial score (nSPS) is 15.2. The Bertz CT molecular complexity index is 464. The molecule has 0 heterocycles. The molecule has 0 bridgehead atoms. The zero-order valence-corrected chi connectivity index (χ0v) is 13.1. The highest BCUT2D eigenvalue weighted by atomic mass is 31.2. The number of esters is 1. The molecule has 0 saturated heterocycles. The fourth-order valence-corrected chi connectivity index (χ4v) is 3.72. The molecule has 112 valence electrons. The Labute approximate surface area is 120 Å². The first-order valence-corrected chi connectivity index (χ1v) is 8.60. The van der Waals surface area contributed by atoms with Crippen LogP contribution in [0.15, 0.2) is 30.3 Å². The standard InChI is InChI=1S/C14H22NO4P/c1-4-11-20(17,15-12(3)14(16)18-5-2)19-13-9-7-6-8-10-13/h6-10,12H,4-5,11H2,1-3H3,(H,15,17). The largest absolute Gasteiger partial charge is 0.465 e. The molecule has 5 nitrogen and oxygen atoms in total. The molecule has 20 heavy (non-hydrogen) atoms. The van der Waals surface area contributed by atoms with E-state index in [1.165, 1.54) is 0 Å². The molecule has 1 rings (SSSR count). The first kappa shape index (κ1) is 16.7. The van der Waals surface area contributed by atoms with E-state index in [1.54, 1.807) is 38.1 Å². The van der Waals surface area contributed by atoms with Crippen LogP contribution in [0.25, 0.3) is 0 Å². The van der Waals surface area contributed by atoms with Gasteiger partial charge in [-0.15, -0.1) is 0 Å². The summed E-state index contributed by atoms with van der Waals surface area (Å²) in [5, 5.41) is 2.79. The Kier molecular flexibility index (Phi) is 6.76. The SMILES string of the molecule is CCCP(=O)(NC(C)C(=O)OCC)Oc1ccccc1. The minimum absolute atomic E-state index is 0.294. The molecule has 0 amide bonds. The van der Waals surface area contributed by atoms with Crippen LogP contribution in [0.5, 0.6) is 5.75 Å². The van der Waals surface area contributed by atoms with Crippen LogP contribution in [0.1, 0.15) is 27.2 Å². The summed E-state index contributed by atoms with van der Waals surface area (Å²) >= 11 is 0. The van der Waals surface area contributed by atoms with Gasteiger partial charge in [0.25, 0.3) is 0 Å². The number of benzene rings is 1. The van der Waals surface area contributed by atoms with Crippen molar-refractivity contribution < 1.29 is 18.6 Å². The molecule has 0 aromatic heterocycles. The highest BCUT2D eigenvalue weighted by Crippen LogP contribution is 2.44. The van der Waals surface area contributed by atoms with Gasteiger partial charge in [0.1, 0.15) is 11.8 Å². The van der Waals surface area contributed by atoms with E-state index < -0.39 is 19.5 Å². The molecule has 2 unspecified atom stereocenters. The Morgan fingerprint density at radius 2 is 1.95 bits per heavy atom. The second-order valence-electron chi connectivity index (χ2n) is 4.40. The van der Waals surface area contributed by atoms with E-state index in [2.05, 4.69) is 5.09 Å². The maximum absolute atomic E-state index is 12.8. The molecule has 0 spiro atoms. The zero-order chi connectivity index (χ0) is 15.0. The van der Waals surface area contributed by atoms with E-state index >= 15 is 0 Å². The first-order valence-electron chi connectivity index (χ1n) is 6.79. The Hall–Kier alpha value is -1.32. The van der Waals surface area contributed by atoms with Crippen molar-refractivity contribution in [1.82, 2.24) is 5.09 Å². The highest BCUT2D eigenvalue weighted by molar-refractivity contribution is 7.57. The van der Waals surface area contributed by atoms with Gasteiger partial charge in [-0.2, -0.15) is 0 Å². The summed E-state index contributed by atoms with van der Waals surface area (Å²) in [5.74, 6) is 0.0910. The number of carbonyl (C=O) groups excluding carboxylic acids is 1. The van der Waals surface area contributed by atoms with Gasteiger partial charge in [0, 0.05) is 6.16 Å². The Morgan fingerprint density at radius 3 is 2.50 bits per heavy atom. The van der Waals surface area contributed by atoms with Crippen LogP contribution in [0.3, 0.4) is 0 Å². The molecule has 0 fully saturated rings. The summed E-state index contributed by atoms with van der Waals surface area (Å²) in [7, 11) is -3.13. The number of ether oxygens (including phenoxy) is 1. The lowest BCUT2D eigenvalue weighted by atomic mass is 10.3. The fourth-order valence-electron chi connectivity index (χ4n) is 1.70. The van der Waals surface area contributed by atoms with Crippen LogP contribution in [-0.4, -0.2) is 24.8 Å². The van der Waals surface area contributed by atoms with Crippen LogP contribution in [0, 0.1) is 0 Å². The van der Waals surface area contributed by atoms with Crippen molar-refractivity contribution in [2.75, 3.05) is 12.8 Å². The maximum atomic E-state index is 12.8. The number of hydrogen-bond donors (Lipinski definition) is 1. The third kappa shape index (κ3) is 5.35. The van der Waals surface area contributed by atoms with E-state index in [1.807, 2.05) is 13.0 Å². The van der Waals surface area contributed by atoms with Crippen LogP contribution >= 0.6 is 7.52 Å². The summed E-state index contributed by atoms with van der Waals surface area (Å²) in [6, 6.07) is 8.27. The van der Waals surface area contributed by atoms with Crippen molar-refractivity contribution in [2.24, 2.45) is 0 Å². The van der Waals surface area contributed by atoms with Gasteiger partial charge in [-0.3, -0.25) is 9.36 Å². The van der Waals surface area contributed by atoms with Gasteiger partial charge >= 0.3 is 13.5 Å². The molecule has 1 aromatic rings. The quantitative estimate of drug-likeness (QED) is 0.590. The van der Waals surface area contributed by atoms with Crippen molar-refractivity contribution in [3.8, 4) is 5.75 Å². The molecule has 0 aliphatic rings. The molecule has 0 radical (unpaired) electrons. The van der Waals surface area contributed by atoms with Crippen molar-refractivity contribution in [3.63, 3.8) is 0 Å². The summed E-state index contributed by atoms with van der Waals surface area (Å²) in [6.45, 7) is 5.56. The average molecular weight is 299 g/mol. The second-order valence-corrected chi connectivity index (χ2v) is 6.64. The molecule has 6 heteroatoms. The zero-order valence-electron chi connectivity index (χ0n) is 12.2. The van der Waals surface area contributed by atoms with Gasteiger partial charge in [-0.25, -0.2) is 5.09 Å². The topological polar surface area (TPSA) is 64.6 Å². The molecule has 0 aliphatic carbocycles. The van der Waals surface area contributed by atoms with Crippen LogP contribution in [-0.2, 0) is 14.1 Å². The molecular formula is C14H22NO4P.